The van der Waals surface area contributed by atoms with E-state index in [9.17, 15) is 12.8 Å². The number of unbranched alkanes of at least 4 members (excludes halogenated alkanes) is 2. The van der Waals surface area contributed by atoms with E-state index in [1.807, 2.05) is 6.92 Å². The zero-order valence-corrected chi connectivity index (χ0v) is 16.5. The van der Waals surface area contributed by atoms with E-state index >= 15 is 0 Å². The molecule has 0 saturated carbocycles. The molecule has 2 rings (SSSR count). The summed E-state index contributed by atoms with van der Waals surface area (Å²) in [6.07, 6.45) is 2.75. The molecule has 0 aromatic heterocycles. The molecule has 0 saturated heterocycles. The van der Waals surface area contributed by atoms with Gasteiger partial charge < -0.3 is 0 Å². The SMILES string of the molecule is Cc1ccc(S(=O)(=O)OC(CCCCCBr)c2ccc(F)cc2)cc1. The Bertz CT molecular complexity index is 758. The van der Waals surface area contributed by atoms with Crippen molar-refractivity contribution in [3.05, 3.63) is 65.5 Å². The lowest BCUT2D eigenvalue weighted by molar-refractivity contribution is 0.198. The van der Waals surface area contributed by atoms with Crippen molar-refractivity contribution in [3.8, 4) is 0 Å². The first-order chi connectivity index (χ1) is 11.9. The first kappa shape index (κ1) is 20.1. The monoisotopic (exact) mass is 428 g/mol. The summed E-state index contributed by atoms with van der Waals surface area (Å²) in [5.74, 6) is -0.358. The fourth-order valence-electron chi connectivity index (χ4n) is 2.46. The predicted molar refractivity (Wildman–Crippen MR) is 101 cm³/mol. The molecule has 0 heterocycles. The van der Waals surface area contributed by atoms with E-state index < -0.39 is 16.2 Å². The van der Waals surface area contributed by atoms with Crippen LogP contribution < -0.4 is 0 Å². The van der Waals surface area contributed by atoms with E-state index in [1.54, 1.807) is 24.3 Å². The average Bonchev–Trinajstić information content (AvgIpc) is 2.59. The topological polar surface area (TPSA) is 43.4 Å². The molecule has 0 aliphatic rings. The lowest BCUT2D eigenvalue weighted by Gasteiger charge is -2.18. The van der Waals surface area contributed by atoms with Gasteiger partial charge in [-0.05, 0) is 49.6 Å². The van der Waals surface area contributed by atoms with Crippen LogP contribution >= 0.6 is 15.9 Å². The largest absolute Gasteiger partial charge is 0.297 e. The number of hydrogen-bond donors (Lipinski definition) is 0. The molecule has 0 amide bonds. The second kappa shape index (κ2) is 9.46. The summed E-state index contributed by atoms with van der Waals surface area (Å²) < 4.78 is 43.8. The Balaban J connectivity index is 2.18. The van der Waals surface area contributed by atoms with Gasteiger partial charge in [0.25, 0.3) is 10.1 Å². The smallest absolute Gasteiger partial charge is 0.258 e. The summed E-state index contributed by atoms with van der Waals surface area (Å²) >= 11 is 3.39. The van der Waals surface area contributed by atoms with E-state index in [0.29, 0.717) is 12.0 Å². The van der Waals surface area contributed by atoms with Crippen molar-refractivity contribution in [1.29, 1.82) is 0 Å². The number of halogens is 2. The van der Waals surface area contributed by atoms with Gasteiger partial charge in [-0.1, -0.05) is 58.6 Å². The summed E-state index contributed by atoms with van der Waals surface area (Å²) in [5, 5.41) is 0.913. The molecule has 3 nitrogen and oxygen atoms in total. The second-order valence-corrected chi connectivity index (χ2v) is 8.31. The first-order valence-electron chi connectivity index (χ1n) is 8.24. The van der Waals surface area contributed by atoms with Crippen LogP contribution in [0.25, 0.3) is 0 Å². The second-order valence-electron chi connectivity index (χ2n) is 5.94. The Morgan fingerprint density at radius 2 is 1.64 bits per heavy atom. The highest BCUT2D eigenvalue weighted by Crippen LogP contribution is 2.29. The van der Waals surface area contributed by atoms with Crippen molar-refractivity contribution in [1.82, 2.24) is 0 Å². The van der Waals surface area contributed by atoms with Gasteiger partial charge in [0.1, 0.15) is 11.9 Å². The zero-order chi connectivity index (χ0) is 18.3. The van der Waals surface area contributed by atoms with Crippen LogP contribution in [0.2, 0.25) is 0 Å². The van der Waals surface area contributed by atoms with Crippen LogP contribution in [0.5, 0.6) is 0 Å². The summed E-state index contributed by atoms with van der Waals surface area (Å²) in [5.41, 5.74) is 1.64. The maximum atomic E-state index is 13.2. The quantitative estimate of drug-likeness (QED) is 0.299. The molecule has 0 N–H and O–H groups in total. The summed E-state index contributed by atoms with van der Waals surface area (Å²) in [6.45, 7) is 1.89. The molecule has 136 valence electrons. The zero-order valence-electron chi connectivity index (χ0n) is 14.1. The van der Waals surface area contributed by atoms with Crippen molar-refractivity contribution in [3.63, 3.8) is 0 Å². The van der Waals surface area contributed by atoms with Crippen molar-refractivity contribution in [2.75, 3.05) is 5.33 Å². The Labute approximate surface area is 157 Å². The van der Waals surface area contributed by atoms with E-state index in [0.717, 1.165) is 30.2 Å². The van der Waals surface area contributed by atoms with Crippen LogP contribution in [0.1, 0.15) is 42.9 Å². The maximum absolute atomic E-state index is 13.2. The lowest BCUT2D eigenvalue weighted by Crippen LogP contribution is -2.13. The lowest BCUT2D eigenvalue weighted by atomic mass is 10.0. The van der Waals surface area contributed by atoms with Gasteiger partial charge in [0.15, 0.2) is 0 Å². The molecule has 0 radical (unpaired) electrons. The third-order valence-corrected chi connectivity index (χ3v) is 5.79. The third kappa shape index (κ3) is 6.20. The van der Waals surface area contributed by atoms with Crippen LogP contribution in [0, 0.1) is 12.7 Å². The van der Waals surface area contributed by atoms with Gasteiger partial charge in [0.2, 0.25) is 0 Å². The fourth-order valence-corrected chi connectivity index (χ4v) is 3.95. The van der Waals surface area contributed by atoms with Gasteiger partial charge in [-0.2, -0.15) is 8.42 Å². The Morgan fingerprint density at radius 1 is 1.00 bits per heavy atom. The molecule has 1 atom stereocenters. The molecular formula is C19H22BrFO3S. The van der Waals surface area contributed by atoms with E-state index in [1.165, 1.54) is 24.3 Å². The first-order valence-corrected chi connectivity index (χ1v) is 10.8. The minimum atomic E-state index is -3.88. The highest BCUT2D eigenvalue weighted by atomic mass is 79.9. The maximum Gasteiger partial charge on any atom is 0.297 e. The Morgan fingerprint density at radius 3 is 2.24 bits per heavy atom. The minimum absolute atomic E-state index is 0.130. The Hall–Kier alpha value is -1.24. The van der Waals surface area contributed by atoms with E-state index in [-0.39, 0.29) is 10.7 Å². The molecule has 0 aliphatic heterocycles. The normalized spacial score (nSPS) is 12.9. The van der Waals surface area contributed by atoms with Crippen molar-refractivity contribution in [2.24, 2.45) is 0 Å². The van der Waals surface area contributed by atoms with Gasteiger partial charge in [0.05, 0.1) is 4.90 Å². The van der Waals surface area contributed by atoms with Gasteiger partial charge in [-0.25, -0.2) is 4.39 Å². The average molecular weight is 429 g/mol. The molecule has 1 unspecified atom stereocenters. The highest BCUT2D eigenvalue weighted by molar-refractivity contribution is 9.09. The van der Waals surface area contributed by atoms with Crippen molar-refractivity contribution < 1.29 is 17.0 Å². The summed E-state index contributed by atoms with van der Waals surface area (Å²) in [4.78, 5) is 0.130. The summed E-state index contributed by atoms with van der Waals surface area (Å²) in [7, 11) is -3.88. The summed E-state index contributed by atoms with van der Waals surface area (Å²) in [6, 6.07) is 12.3. The van der Waals surface area contributed by atoms with Crippen LogP contribution in [0.15, 0.2) is 53.4 Å². The third-order valence-electron chi connectivity index (χ3n) is 3.89. The number of rotatable bonds is 9. The van der Waals surface area contributed by atoms with Gasteiger partial charge >= 0.3 is 0 Å². The standard InChI is InChI=1S/C19H22BrFO3S/c1-15-6-12-18(13-7-15)25(22,23)24-19(5-3-2-4-14-20)16-8-10-17(21)11-9-16/h6-13,19H,2-5,14H2,1H3. The van der Waals surface area contributed by atoms with Crippen molar-refractivity contribution >= 4 is 26.0 Å². The number of alkyl halides is 1. The van der Waals surface area contributed by atoms with E-state index in [2.05, 4.69) is 15.9 Å². The molecular weight excluding hydrogens is 407 g/mol. The molecule has 0 spiro atoms. The number of hydrogen-bond acceptors (Lipinski definition) is 3. The Kier molecular flexibility index (Phi) is 7.59. The molecule has 25 heavy (non-hydrogen) atoms. The van der Waals surface area contributed by atoms with E-state index in [4.69, 9.17) is 4.18 Å². The molecule has 6 heteroatoms. The predicted octanol–water partition coefficient (Wildman–Crippen LogP) is 5.54. The van der Waals surface area contributed by atoms with Crippen LogP contribution in [0.3, 0.4) is 0 Å². The van der Waals surface area contributed by atoms with Gasteiger partial charge in [0, 0.05) is 5.33 Å². The molecule has 2 aromatic carbocycles. The number of aryl methyl sites for hydroxylation is 1. The molecule has 2 aromatic rings. The molecule has 0 aliphatic carbocycles. The van der Waals surface area contributed by atoms with Crippen LogP contribution in [-0.2, 0) is 14.3 Å². The fraction of sp³-hybridized carbons (Fsp3) is 0.368. The van der Waals surface area contributed by atoms with Gasteiger partial charge in [-0.3, -0.25) is 4.18 Å². The molecule has 0 bridgehead atoms. The van der Waals surface area contributed by atoms with Crippen LogP contribution in [0.4, 0.5) is 4.39 Å². The highest BCUT2D eigenvalue weighted by Gasteiger charge is 2.23. The van der Waals surface area contributed by atoms with Gasteiger partial charge in [-0.15, -0.1) is 0 Å². The van der Waals surface area contributed by atoms with Crippen molar-refractivity contribution in [2.45, 2.75) is 43.6 Å². The number of benzene rings is 2. The molecule has 0 fully saturated rings. The van der Waals surface area contributed by atoms with Crippen LogP contribution in [-0.4, -0.2) is 13.7 Å². The minimum Gasteiger partial charge on any atom is -0.258 e.